The molecule has 0 spiro atoms. The van der Waals surface area contributed by atoms with Gasteiger partial charge < -0.3 is 0 Å². The van der Waals surface area contributed by atoms with E-state index in [1.807, 2.05) is 31.2 Å². The van der Waals surface area contributed by atoms with Crippen LogP contribution in [0.4, 0.5) is 0 Å². The highest BCUT2D eigenvalue weighted by Crippen LogP contribution is 2.24. The first-order chi connectivity index (χ1) is 11.5. The second-order valence-electron chi connectivity index (χ2n) is 5.17. The molecule has 1 N–H and O–H groups in total. The molecule has 3 rings (SSSR count). The summed E-state index contributed by atoms with van der Waals surface area (Å²) in [7, 11) is 0. The van der Waals surface area contributed by atoms with E-state index in [-0.39, 0.29) is 11.5 Å². The van der Waals surface area contributed by atoms with Crippen LogP contribution in [0.5, 0.6) is 0 Å². The summed E-state index contributed by atoms with van der Waals surface area (Å²) < 4.78 is 0. The molecule has 0 atom stereocenters. The summed E-state index contributed by atoms with van der Waals surface area (Å²) in [5.41, 5.74) is 2.65. The van der Waals surface area contributed by atoms with Crippen LogP contribution < -0.4 is 0 Å². The standard InChI is InChI=1S/C17H13Cl2N3OS/c1-10-2-4-11(5-3-10)16-20-17(22-21-16)24-9-15(23)12-6-7-13(18)14(19)8-12/h2-8H,9H2,1H3,(H,20,21,22). The number of aromatic amines is 1. The minimum Gasteiger partial charge on any atom is -0.293 e. The second-order valence-corrected chi connectivity index (χ2v) is 6.93. The molecule has 0 fully saturated rings. The topological polar surface area (TPSA) is 58.6 Å². The zero-order chi connectivity index (χ0) is 17.1. The lowest BCUT2D eigenvalue weighted by molar-refractivity contribution is 0.102. The van der Waals surface area contributed by atoms with Crippen molar-refractivity contribution >= 4 is 40.7 Å². The molecule has 122 valence electrons. The van der Waals surface area contributed by atoms with E-state index in [0.29, 0.717) is 26.6 Å². The number of thioether (sulfide) groups is 1. The van der Waals surface area contributed by atoms with Gasteiger partial charge >= 0.3 is 0 Å². The van der Waals surface area contributed by atoms with E-state index in [9.17, 15) is 4.79 Å². The van der Waals surface area contributed by atoms with E-state index in [0.717, 1.165) is 5.56 Å². The molecule has 0 aliphatic carbocycles. The van der Waals surface area contributed by atoms with Crippen molar-refractivity contribution in [3.05, 3.63) is 63.6 Å². The molecule has 2 aromatic carbocycles. The number of hydrogen-bond donors (Lipinski definition) is 1. The van der Waals surface area contributed by atoms with Crippen LogP contribution in [0, 0.1) is 6.92 Å². The Morgan fingerprint density at radius 1 is 1.12 bits per heavy atom. The first kappa shape index (κ1) is 17.0. The fourth-order valence-electron chi connectivity index (χ4n) is 2.03. The fourth-order valence-corrected chi connectivity index (χ4v) is 3.03. The Labute approximate surface area is 153 Å². The predicted molar refractivity (Wildman–Crippen MR) is 98.1 cm³/mol. The number of Topliss-reactive ketones (excluding diaryl/α,β-unsaturated/α-hetero) is 1. The summed E-state index contributed by atoms with van der Waals surface area (Å²) in [5.74, 6) is 0.850. The van der Waals surface area contributed by atoms with Gasteiger partial charge in [-0.3, -0.25) is 9.89 Å². The van der Waals surface area contributed by atoms with Crippen LogP contribution in [0.3, 0.4) is 0 Å². The minimum absolute atomic E-state index is 0.0553. The summed E-state index contributed by atoms with van der Waals surface area (Å²) in [6.07, 6.45) is 0. The van der Waals surface area contributed by atoms with Crippen molar-refractivity contribution in [1.82, 2.24) is 15.2 Å². The van der Waals surface area contributed by atoms with Gasteiger partial charge in [-0.25, -0.2) is 4.98 Å². The first-order valence-corrected chi connectivity index (χ1v) is 8.87. The Kier molecular flexibility index (Phi) is 5.23. The van der Waals surface area contributed by atoms with Gasteiger partial charge in [0.15, 0.2) is 11.6 Å². The lowest BCUT2D eigenvalue weighted by atomic mass is 10.1. The van der Waals surface area contributed by atoms with Crippen LogP contribution in [0.2, 0.25) is 10.0 Å². The van der Waals surface area contributed by atoms with Crippen molar-refractivity contribution in [3.63, 3.8) is 0 Å². The molecule has 0 saturated heterocycles. The highest BCUT2D eigenvalue weighted by atomic mass is 35.5. The summed E-state index contributed by atoms with van der Waals surface area (Å²) in [6.45, 7) is 2.03. The highest BCUT2D eigenvalue weighted by molar-refractivity contribution is 7.99. The van der Waals surface area contributed by atoms with Crippen LogP contribution in [-0.4, -0.2) is 26.7 Å². The molecular formula is C17H13Cl2N3OS. The quantitative estimate of drug-likeness (QED) is 0.498. The molecule has 1 aromatic heterocycles. The monoisotopic (exact) mass is 377 g/mol. The van der Waals surface area contributed by atoms with Crippen molar-refractivity contribution in [3.8, 4) is 11.4 Å². The Morgan fingerprint density at radius 2 is 1.88 bits per heavy atom. The van der Waals surface area contributed by atoms with Gasteiger partial charge in [0.1, 0.15) is 0 Å². The number of hydrogen-bond acceptors (Lipinski definition) is 4. The summed E-state index contributed by atoms with van der Waals surface area (Å²) >= 11 is 13.1. The van der Waals surface area contributed by atoms with E-state index in [1.165, 1.54) is 17.3 Å². The van der Waals surface area contributed by atoms with Crippen LogP contribution in [0.25, 0.3) is 11.4 Å². The van der Waals surface area contributed by atoms with Gasteiger partial charge in [0.2, 0.25) is 5.16 Å². The van der Waals surface area contributed by atoms with E-state index in [1.54, 1.807) is 18.2 Å². The SMILES string of the molecule is Cc1ccc(-c2nc(SCC(=O)c3ccc(Cl)c(Cl)c3)n[nH]2)cc1. The number of benzene rings is 2. The second kappa shape index (κ2) is 7.38. The number of ketones is 1. The van der Waals surface area contributed by atoms with E-state index < -0.39 is 0 Å². The molecule has 0 amide bonds. The number of aromatic nitrogens is 3. The third-order valence-corrected chi connectivity index (χ3v) is 4.95. The molecule has 1 heterocycles. The highest BCUT2D eigenvalue weighted by Gasteiger charge is 2.12. The van der Waals surface area contributed by atoms with Gasteiger partial charge in [-0.05, 0) is 25.1 Å². The maximum Gasteiger partial charge on any atom is 0.209 e. The number of carbonyl (C=O) groups is 1. The van der Waals surface area contributed by atoms with Crippen molar-refractivity contribution < 1.29 is 4.79 Å². The number of H-pyrrole nitrogens is 1. The average molecular weight is 378 g/mol. The molecule has 0 aliphatic heterocycles. The average Bonchev–Trinajstić information content (AvgIpc) is 3.05. The molecule has 24 heavy (non-hydrogen) atoms. The number of nitrogens with one attached hydrogen (secondary N) is 1. The fraction of sp³-hybridized carbons (Fsp3) is 0.118. The maximum absolute atomic E-state index is 12.2. The molecule has 0 aliphatic rings. The smallest absolute Gasteiger partial charge is 0.209 e. The summed E-state index contributed by atoms with van der Waals surface area (Å²) in [6, 6.07) is 12.8. The van der Waals surface area contributed by atoms with Crippen LogP contribution in [0.15, 0.2) is 47.6 Å². The van der Waals surface area contributed by atoms with Crippen LogP contribution in [-0.2, 0) is 0 Å². The third-order valence-electron chi connectivity index (χ3n) is 3.36. The van der Waals surface area contributed by atoms with E-state index >= 15 is 0 Å². The molecule has 0 saturated carbocycles. The maximum atomic E-state index is 12.2. The minimum atomic E-state index is -0.0553. The van der Waals surface area contributed by atoms with Crippen LogP contribution in [0.1, 0.15) is 15.9 Å². The molecule has 3 aromatic rings. The van der Waals surface area contributed by atoms with Gasteiger partial charge in [-0.1, -0.05) is 64.8 Å². The molecule has 4 nitrogen and oxygen atoms in total. The van der Waals surface area contributed by atoms with Gasteiger partial charge in [-0.2, -0.15) is 0 Å². The van der Waals surface area contributed by atoms with Gasteiger partial charge in [0, 0.05) is 11.1 Å². The summed E-state index contributed by atoms with van der Waals surface area (Å²) in [4.78, 5) is 16.6. The number of rotatable bonds is 5. The van der Waals surface area contributed by atoms with E-state index in [4.69, 9.17) is 23.2 Å². The van der Waals surface area contributed by atoms with E-state index in [2.05, 4.69) is 15.2 Å². The summed E-state index contributed by atoms with van der Waals surface area (Å²) in [5, 5.41) is 8.35. The molecule has 0 bridgehead atoms. The zero-order valence-electron chi connectivity index (χ0n) is 12.7. The van der Waals surface area contributed by atoms with Gasteiger partial charge in [-0.15, -0.1) is 5.10 Å². The lowest BCUT2D eigenvalue weighted by Gasteiger charge is -2.01. The lowest BCUT2D eigenvalue weighted by Crippen LogP contribution is -2.02. The normalized spacial score (nSPS) is 10.8. The van der Waals surface area contributed by atoms with Gasteiger partial charge in [0.25, 0.3) is 0 Å². The van der Waals surface area contributed by atoms with Gasteiger partial charge in [0.05, 0.1) is 15.8 Å². The van der Waals surface area contributed by atoms with Crippen molar-refractivity contribution in [2.24, 2.45) is 0 Å². The Bertz CT molecular complexity index is 878. The number of aryl methyl sites for hydroxylation is 1. The predicted octanol–water partition coefficient (Wildman–Crippen LogP) is 5.06. The Hall–Kier alpha value is -1.82. The first-order valence-electron chi connectivity index (χ1n) is 7.13. The van der Waals surface area contributed by atoms with Crippen LogP contribution >= 0.6 is 35.0 Å². The molecule has 0 radical (unpaired) electrons. The molecular weight excluding hydrogens is 365 g/mol. The van der Waals surface area contributed by atoms with Crippen molar-refractivity contribution in [2.75, 3.05) is 5.75 Å². The number of halogens is 2. The molecule has 0 unspecified atom stereocenters. The Balaban J connectivity index is 1.65. The largest absolute Gasteiger partial charge is 0.293 e. The van der Waals surface area contributed by atoms with Crippen molar-refractivity contribution in [1.29, 1.82) is 0 Å². The molecule has 7 heteroatoms. The number of nitrogens with zero attached hydrogens (tertiary/aromatic N) is 2. The Morgan fingerprint density at radius 3 is 2.58 bits per heavy atom. The zero-order valence-corrected chi connectivity index (χ0v) is 15.0. The van der Waals surface area contributed by atoms with Crippen molar-refractivity contribution in [2.45, 2.75) is 12.1 Å². The number of carbonyl (C=O) groups excluding carboxylic acids is 1. The third kappa shape index (κ3) is 3.98.